The fourth-order valence-corrected chi connectivity index (χ4v) is 3.46. The Labute approximate surface area is 131 Å². The quantitative estimate of drug-likeness (QED) is 0.713. The maximum Gasteiger partial charge on any atom is 0.332 e. The third-order valence-electron chi connectivity index (χ3n) is 4.62. The maximum atomic E-state index is 12.0. The van der Waals surface area contributed by atoms with Crippen molar-refractivity contribution in [2.24, 2.45) is 5.92 Å². The Kier molecular flexibility index (Phi) is 6.64. The molecule has 2 N–H and O–H groups in total. The van der Waals surface area contributed by atoms with Crippen molar-refractivity contribution in [3.8, 4) is 0 Å². The van der Waals surface area contributed by atoms with E-state index in [1.165, 1.54) is 25.7 Å². The van der Waals surface area contributed by atoms with E-state index in [1.54, 1.807) is 0 Å². The van der Waals surface area contributed by atoms with E-state index in [-0.39, 0.29) is 12.0 Å². The summed E-state index contributed by atoms with van der Waals surface area (Å²) in [5, 5.41) is 11.7. The van der Waals surface area contributed by atoms with Crippen LogP contribution in [0.15, 0.2) is 0 Å². The predicted octanol–water partition coefficient (Wildman–Crippen LogP) is 1.72. The van der Waals surface area contributed by atoms with E-state index in [0.717, 1.165) is 6.42 Å². The largest absolute Gasteiger partial charge is 0.479 e. The fourth-order valence-electron chi connectivity index (χ4n) is 3.46. The first-order chi connectivity index (χ1) is 10.6. The highest BCUT2D eigenvalue weighted by Gasteiger charge is 2.34. The van der Waals surface area contributed by atoms with Gasteiger partial charge in [0.05, 0.1) is 6.10 Å². The van der Waals surface area contributed by atoms with Gasteiger partial charge >= 0.3 is 5.97 Å². The van der Waals surface area contributed by atoms with Gasteiger partial charge in [-0.3, -0.25) is 4.79 Å². The zero-order chi connectivity index (χ0) is 15.9. The summed E-state index contributed by atoms with van der Waals surface area (Å²) in [6.45, 7) is 3.25. The molecule has 22 heavy (non-hydrogen) atoms. The summed E-state index contributed by atoms with van der Waals surface area (Å²) in [7, 11) is 0. The smallest absolute Gasteiger partial charge is 0.332 e. The molecule has 0 spiro atoms. The molecule has 0 aromatic heterocycles. The molecule has 126 valence electrons. The van der Waals surface area contributed by atoms with Crippen LogP contribution in [0.2, 0.25) is 0 Å². The van der Waals surface area contributed by atoms with E-state index >= 15 is 0 Å². The molecule has 6 heteroatoms. The SMILES string of the molecule is CCOC(CCNC(=O)[C@@H]1CC[C@H](C(=O)O)O1)C1CCCC1. The van der Waals surface area contributed by atoms with Gasteiger partial charge in [0.25, 0.3) is 0 Å². The average molecular weight is 313 g/mol. The van der Waals surface area contributed by atoms with E-state index in [2.05, 4.69) is 5.32 Å². The lowest BCUT2D eigenvalue weighted by Crippen LogP contribution is -2.38. The van der Waals surface area contributed by atoms with Crippen molar-refractivity contribution in [3.05, 3.63) is 0 Å². The molecule has 3 atom stereocenters. The maximum absolute atomic E-state index is 12.0. The Hall–Kier alpha value is -1.14. The summed E-state index contributed by atoms with van der Waals surface area (Å²) in [5.74, 6) is -0.589. The summed E-state index contributed by atoms with van der Waals surface area (Å²) < 4.78 is 11.1. The lowest BCUT2D eigenvalue weighted by Gasteiger charge is -2.23. The molecule has 1 heterocycles. The van der Waals surface area contributed by atoms with E-state index < -0.39 is 18.2 Å². The lowest BCUT2D eigenvalue weighted by atomic mass is 9.98. The van der Waals surface area contributed by atoms with Crippen molar-refractivity contribution in [2.45, 2.75) is 70.2 Å². The lowest BCUT2D eigenvalue weighted by molar-refractivity contribution is -0.151. The third kappa shape index (κ3) is 4.68. The molecule has 2 aliphatic rings. The van der Waals surface area contributed by atoms with Crippen LogP contribution in [0.25, 0.3) is 0 Å². The highest BCUT2D eigenvalue weighted by molar-refractivity contribution is 5.82. The summed E-state index contributed by atoms with van der Waals surface area (Å²) in [6.07, 6.45) is 5.39. The van der Waals surface area contributed by atoms with Crippen molar-refractivity contribution in [2.75, 3.05) is 13.2 Å². The standard InChI is InChI=1S/C16H27NO5/c1-2-21-12(11-5-3-4-6-11)9-10-17-15(18)13-7-8-14(22-13)16(19)20/h11-14H,2-10H2,1H3,(H,17,18)(H,19,20)/t12?,13-,14+/m0/s1. The minimum Gasteiger partial charge on any atom is -0.479 e. The molecule has 1 amide bonds. The zero-order valence-electron chi connectivity index (χ0n) is 13.3. The van der Waals surface area contributed by atoms with Gasteiger partial charge in [-0.1, -0.05) is 12.8 Å². The molecule has 2 fully saturated rings. The van der Waals surface area contributed by atoms with Gasteiger partial charge in [-0.25, -0.2) is 4.79 Å². The first-order valence-electron chi connectivity index (χ1n) is 8.39. The van der Waals surface area contributed by atoms with E-state index in [9.17, 15) is 9.59 Å². The van der Waals surface area contributed by atoms with Gasteiger partial charge in [-0.05, 0) is 44.9 Å². The van der Waals surface area contributed by atoms with Crippen LogP contribution in [0.1, 0.15) is 51.9 Å². The molecule has 1 aliphatic carbocycles. The number of carboxylic acids is 1. The van der Waals surface area contributed by atoms with Crippen LogP contribution >= 0.6 is 0 Å². The van der Waals surface area contributed by atoms with Crippen LogP contribution in [0.4, 0.5) is 0 Å². The number of hydrogen-bond acceptors (Lipinski definition) is 4. The summed E-state index contributed by atoms with van der Waals surface area (Å²) in [5.41, 5.74) is 0. The monoisotopic (exact) mass is 313 g/mol. The third-order valence-corrected chi connectivity index (χ3v) is 4.62. The second kappa shape index (κ2) is 8.48. The Morgan fingerprint density at radius 3 is 2.50 bits per heavy atom. The van der Waals surface area contributed by atoms with Gasteiger partial charge in [-0.2, -0.15) is 0 Å². The minimum absolute atomic E-state index is 0.203. The number of aliphatic carboxylic acids is 1. The van der Waals surface area contributed by atoms with Crippen LogP contribution in [0.5, 0.6) is 0 Å². The second-order valence-corrected chi connectivity index (χ2v) is 6.15. The van der Waals surface area contributed by atoms with Gasteiger partial charge in [0.15, 0.2) is 6.10 Å². The fraction of sp³-hybridized carbons (Fsp3) is 0.875. The number of carboxylic acid groups (broad SMARTS) is 1. The first kappa shape index (κ1) is 17.2. The van der Waals surface area contributed by atoms with Crippen molar-refractivity contribution in [3.63, 3.8) is 0 Å². The zero-order valence-corrected chi connectivity index (χ0v) is 13.3. The number of rotatable bonds is 8. The molecular weight excluding hydrogens is 286 g/mol. The molecular formula is C16H27NO5. The molecule has 0 radical (unpaired) electrons. The number of hydrogen-bond donors (Lipinski definition) is 2. The molecule has 0 aromatic carbocycles. The van der Waals surface area contributed by atoms with E-state index in [0.29, 0.717) is 31.9 Å². The Bertz CT molecular complexity index is 381. The van der Waals surface area contributed by atoms with E-state index in [1.807, 2.05) is 6.92 Å². The van der Waals surface area contributed by atoms with Crippen LogP contribution in [0.3, 0.4) is 0 Å². The van der Waals surface area contributed by atoms with Crippen LogP contribution in [-0.4, -0.2) is 48.4 Å². The number of carbonyl (C=O) groups excluding carboxylic acids is 1. The number of nitrogens with one attached hydrogen (secondary N) is 1. The van der Waals surface area contributed by atoms with Gasteiger partial charge in [-0.15, -0.1) is 0 Å². The molecule has 0 bridgehead atoms. The molecule has 1 saturated heterocycles. The normalized spacial score (nSPS) is 27.0. The number of carbonyl (C=O) groups is 2. The minimum atomic E-state index is -0.993. The molecule has 1 unspecified atom stereocenters. The second-order valence-electron chi connectivity index (χ2n) is 6.15. The van der Waals surface area contributed by atoms with Crippen LogP contribution < -0.4 is 5.32 Å². The average Bonchev–Trinajstić information content (AvgIpc) is 3.17. The number of ether oxygens (including phenoxy) is 2. The van der Waals surface area contributed by atoms with Gasteiger partial charge < -0.3 is 19.9 Å². The van der Waals surface area contributed by atoms with Crippen LogP contribution in [0, 0.1) is 5.92 Å². The Balaban J connectivity index is 1.70. The first-order valence-corrected chi connectivity index (χ1v) is 8.39. The summed E-state index contributed by atoms with van der Waals surface area (Å²) >= 11 is 0. The highest BCUT2D eigenvalue weighted by atomic mass is 16.5. The van der Waals surface area contributed by atoms with Crippen molar-refractivity contribution < 1.29 is 24.2 Å². The molecule has 1 aliphatic heterocycles. The Morgan fingerprint density at radius 1 is 1.23 bits per heavy atom. The topological polar surface area (TPSA) is 84.9 Å². The summed E-state index contributed by atoms with van der Waals surface area (Å²) in [4.78, 5) is 22.8. The molecule has 2 rings (SSSR count). The molecule has 1 saturated carbocycles. The van der Waals surface area contributed by atoms with Crippen molar-refractivity contribution in [1.29, 1.82) is 0 Å². The highest BCUT2D eigenvalue weighted by Crippen LogP contribution is 2.30. The predicted molar refractivity (Wildman–Crippen MR) is 80.5 cm³/mol. The van der Waals surface area contributed by atoms with Crippen LogP contribution in [-0.2, 0) is 19.1 Å². The van der Waals surface area contributed by atoms with Crippen molar-refractivity contribution >= 4 is 11.9 Å². The van der Waals surface area contributed by atoms with Gasteiger partial charge in [0.1, 0.15) is 6.10 Å². The Morgan fingerprint density at radius 2 is 1.91 bits per heavy atom. The molecule has 0 aromatic rings. The summed E-state index contributed by atoms with van der Waals surface area (Å²) in [6, 6.07) is 0. The van der Waals surface area contributed by atoms with Crippen molar-refractivity contribution in [1.82, 2.24) is 5.32 Å². The van der Waals surface area contributed by atoms with Gasteiger partial charge in [0.2, 0.25) is 5.91 Å². The molecule has 6 nitrogen and oxygen atoms in total. The van der Waals surface area contributed by atoms with Gasteiger partial charge in [0, 0.05) is 13.2 Å². The number of amides is 1. The van der Waals surface area contributed by atoms with E-state index in [4.69, 9.17) is 14.6 Å².